The minimum Gasteiger partial charge on any atom is -0.396 e. The maximum atomic E-state index is 13.6. The van der Waals surface area contributed by atoms with Gasteiger partial charge >= 0.3 is 0 Å². The first-order valence-electron chi connectivity index (χ1n) is 6.66. The highest BCUT2D eigenvalue weighted by Crippen LogP contribution is 2.18. The average molecular weight is 290 g/mol. The quantitative estimate of drug-likeness (QED) is 0.842. The Morgan fingerprint density at radius 2 is 1.81 bits per heavy atom. The lowest BCUT2D eigenvalue weighted by atomic mass is 10.1. The van der Waals surface area contributed by atoms with Gasteiger partial charge in [-0.2, -0.15) is 0 Å². The summed E-state index contributed by atoms with van der Waals surface area (Å²) < 4.78 is 26.7. The number of nitrogen functional groups attached to an aromatic ring is 1. The third kappa shape index (κ3) is 3.56. The minimum absolute atomic E-state index is 0.264. The van der Waals surface area contributed by atoms with Crippen molar-refractivity contribution >= 4 is 17.3 Å². The number of anilines is 2. The molecule has 0 bridgehead atoms. The third-order valence-corrected chi connectivity index (χ3v) is 3.08. The lowest BCUT2D eigenvalue weighted by molar-refractivity contribution is 0.102. The molecule has 1 amide bonds. The topological polar surface area (TPSA) is 55.1 Å². The SMILES string of the molecule is CCCc1ccc(NC(=O)c2cc(N)c(F)cc2F)cc1. The minimum atomic E-state index is -0.943. The molecule has 0 aliphatic carbocycles. The van der Waals surface area contributed by atoms with Crippen molar-refractivity contribution < 1.29 is 13.6 Å². The Balaban J connectivity index is 2.16. The summed E-state index contributed by atoms with van der Waals surface area (Å²) in [6, 6.07) is 8.88. The van der Waals surface area contributed by atoms with Crippen molar-refractivity contribution in [3.05, 3.63) is 59.2 Å². The monoisotopic (exact) mass is 290 g/mol. The molecule has 5 heteroatoms. The number of nitrogens with two attached hydrogens (primary N) is 1. The van der Waals surface area contributed by atoms with Gasteiger partial charge in [-0.25, -0.2) is 8.78 Å². The number of amides is 1. The van der Waals surface area contributed by atoms with Crippen LogP contribution in [0.1, 0.15) is 29.3 Å². The molecule has 0 saturated heterocycles. The number of hydrogen-bond acceptors (Lipinski definition) is 2. The molecule has 3 nitrogen and oxygen atoms in total. The lowest BCUT2D eigenvalue weighted by Gasteiger charge is -2.08. The van der Waals surface area contributed by atoms with E-state index in [-0.39, 0.29) is 11.3 Å². The predicted octanol–water partition coefficient (Wildman–Crippen LogP) is 3.75. The molecule has 2 aromatic rings. The van der Waals surface area contributed by atoms with E-state index in [1.54, 1.807) is 12.1 Å². The van der Waals surface area contributed by atoms with Crippen molar-refractivity contribution in [2.45, 2.75) is 19.8 Å². The Kier molecular flexibility index (Phi) is 4.52. The Hall–Kier alpha value is -2.43. The normalized spacial score (nSPS) is 10.4. The second-order valence-electron chi connectivity index (χ2n) is 4.75. The largest absolute Gasteiger partial charge is 0.396 e. The molecule has 0 heterocycles. The van der Waals surface area contributed by atoms with Crippen molar-refractivity contribution in [1.82, 2.24) is 0 Å². The van der Waals surface area contributed by atoms with E-state index in [0.717, 1.165) is 24.5 Å². The number of carbonyl (C=O) groups excluding carboxylic acids is 1. The summed E-state index contributed by atoms with van der Waals surface area (Å²) in [6.45, 7) is 2.08. The van der Waals surface area contributed by atoms with Crippen LogP contribution in [0.25, 0.3) is 0 Å². The second kappa shape index (κ2) is 6.35. The lowest BCUT2D eigenvalue weighted by Crippen LogP contribution is -2.14. The number of aryl methyl sites for hydroxylation is 1. The summed E-state index contributed by atoms with van der Waals surface area (Å²) in [6.07, 6.45) is 1.99. The van der Waals surface area contributed by atoms with Crippen molar-refractivity contribution in [2.24, 2.45) is 0 Å². The molecule has 2 rings (SSSR count). The van der Waals surface area contributed by atoms with Crippen LogP contribution in [0.15, 0.2) is 36.4 Å². The van der Waals surface area contributed by atoms with Gasteiger partial charge in [0, 0.05) is 11.8 Å². The highest BCUT2D eigenvalue weighted by Gasteiger charge is 2.15. The van der Waals surface area contributed by atoms with Crippen LogP contribution in [-0.2, 0) is 6.42 Å². The molecule has 0 aromatic heterocycles. The summed E-state index contributed by atoms with van der Waals surface area (Å²) in [5.41, 5.74) is 6.51. The Morgan fingerprint density at radius 1 is 1.14 bits per heavy atom. The molecule has 0 saturated carbocycles. The van der Waals surface area contributed by atoms with Gasteiger partial charge in [0.25, 0.3) is 5.91 Å². The number of benzene rings is 2. The Labute approximate surface area is 121 Å². The summed E-state index contributed by atoms with van der Waals surface area (Å²) in [5, 5.41) is 2.56. The van der Waals surface area contributed by atoms with Crippen LogP contribution in [0.4, 0.5) is 20.2 Å². The molecule has 110 valence electrons. The number of carbonyl (C=O) groups is 1. The van der Waals surface area contributed by atoms with E-state index < -0.39 is 17.5 Å². The van der Waals surface area contributed by atoms with E-state index in [1.807, 2.05) is 12.1 Å². The molecule has 0 spiro atoms. The van der Waals surface area contributed by atoms with Crippen LogP contribution in [0.3, 0.4) is 0 Å². The number of hydrogen-bond donors (Lipinski definition) is 2. The summed E-state index contributed by atoms with van der Waals surface area (Å²) in [4.78, 5) is 12.0. The van der Waals surface area contributed by atoms with E-state index in [2.05, 4.69) is 12.2 Å². The molecule has 3 N–H and O–H groups in total. The molecule has 0 fully saturated rings. The summed E-state index contributed by atoms with van der Waals surface area (Å²) in [7, 11) is 0. The van der Waals surface area contributed by atoms with E-state index >= 15 is 0 Å². The molecule has 0 aliphatic heterocycles. The van der Waals surface area contributed by atoms with Gasteiger partial charge in [-0.15, -0.1) is 0 Å². The fourth-order valence-electron chi connectivity index (χ4n) is 1.98. The van der Waals surface area contributed by atoms with Crippen LogP contribution >= 0.6 is 0 Å². The zero-order valence-electron chi connectivity index (χ0n) is 11.6. The third-order valence-electron chi connectivity index (χ3n) is 3.08. The van der Waals surface area contributed by atoms with Crippen molar-refractivity contribution in [1.29, 1.82) is 0 Å². The fraction of sp³-hybridized carbons (Fsp3) is 0.188. The molecular formula is C16H16F2N2O. The van der Waals surface area contributed by atoms with Crippen LogP contribution in [0.2, 0.25) is 0 Å². The molecule has 0 atom stereocenters. The van der Waals surface area contributed by atoms with Gasteiger partial charge in [0.1, 0.15) is 11.6 Å². The molecule has 0 aliphatic rings. The van der Waals surface area contributed by atoms with Gasteiger partial charge in [0.15, 0.2) is 0 Å². The highest BCUT2D eigenvalue weighted by atomic mass is 19.1. The molecule has 21 heavy (non-hydrogen) atoms. The van der Waals surface area contributed by atoms with Crippen LogP contribution < -0.4 is 11.1 Å². The Bertz CT molecular complexity index is 654. The van der Waals surface area contributed by atoms with E-state index in [4.69, 9.17) is 5.73 Å². The van der Waals surface area contributed by atoms with Crippen molar-refractivity contribution in [2.75, 3.05) is 11.1 Å². The van der Waals surface area contributed by atoms with Crippen LogP contribution in [0.5, 0.6) is 0 Å². The highest BCUT2D eigenvalue weighted by molar-refractivity contribution is 6.05. The van der Waals surface area contributed by atoms with Gasteiger partial charge in [-0.05, 0) is 30.2 Å². The number of nitrogens with one attached hydrogen (secondary N) is 1. The molecular weight excluding hydrogens is 274 g/mol. The van der Waals surface area contributed by atoms with Gasteiger partial charge in [0.2, 0.25) is 0 Å². The van der Waals surface area contributed by atoms with Crippen LogP contribution in [-0.4, -0.2) is 5.91 Å². The fourth-order valence-corrected chi connectivity index (χ4v) is 1.98. The zero-order chi connectivity index (χ0) is 15.4. The van der Waals surface area contributed by atoms with E-state index in [1.165, 1.54) is 0 Å². The van der Waals surface area contributed by atoms with Crippen LogP contribution in [0, 0.1) is 11.6 Å². The summed E-state index contributed by atoms with van der Waals surface area (Å²) >= 11 is 0. The predicted molar refractivity (Wildman–Crippen MR) is 79.2 cm³/mol. The number of rotatable bonds is 4. The average Bonchev–Trinajstić information content (AvgIpc) is 2.45. The first-order valence-corrected chi connectivity index (χ1v) is 6.66. The smallest absolute Gasteiger partial charge is 0.258 e. The first-order chi connectivity index (χ1) is 10.0. The van der Waals surface area contributed by atoms with Gasteiger partial charge < -0.3 is 11.1 Å². The van der Waals surface area contributed by atoms with E-state index in [0.29, 0.717) is 11.8 Å². The maximum absolute atomic E-state index is 13.6. The standard InChI is InChI=1S/C16H16F2N2O/c1-2-3-10-4-6-11(7-5-10)20-16(21)12-8-15(19)14(18)9-13(12)17/h4-9H,2-3,19H2,1H3,(H,20,21). The maximum Gasteiger partial charge on any atom is 0.258 e. The Morgan fingerprint density at radius 3 is 2.43 bits per heavy atom. The molecule has 0 radical (unpaired) electrons. The van der Waals surface area contributed by atoms with E-state index in [9.17, 15) is 13.6 Å². The molecule has 2 aromatic carbocycles. The number of halogens is 2. The van der Waals surface area contributed by atoms with Gasteiger partial charge in [0.05, 0.1) is 11.3 Å². The van der Waals surface area contributed by atoms with Gasteiger partial charge in [-0.3, -0.25) is 4.79 Å². The van der Waals surface area contributed by atoms with Crippen molar-refractivity contribution in [3.8, 4) is 0 Å². The zero-order valence-corrected chi connectivity index (χ0v) is 11.6. The molecule has 0 unspecified atom stereocenters. The van der Waals surface area contributed by atoms with Crippen molar-refractivity contribution in [3.63, 3.8) is 0 Å². The summed E-state index contributed by atoms with van der Waals surface area (Å²) in [5.74, 6) is -2.49. The van der Waals surface area contributed by atoms with Gasteiger partial charge in [-0.1, -0.05) is 25.5 Å². The second-order valence-corrected chi connectivity index (χ2v) is 4.75. The first kappa shape index (κ1) is 15.0.